The molecule has 3 aromatic rings. The number of carbonyl (C=O) groups is 1. The number of aliphatic hydroxyl groups excluding tert-OH is 1. The number of rotatable bonds is 12. The van der Waals surface area contributed by atoms with Crippen LogP contribution in [0.2, 0.25) is 0 Å². The maximum absolute atomic E-state index is 11.6. The van der Waals surface area contributed by atoms with Crippen molar-refractivity contribution >= 4 is 16.9 Å². The van der Waals surface area contributed by atoms with Crippen molar-refractivity contribution in [1.29, 1.82) is 0 Å². The molecule has 2 aromatic heterocycles. The molecule has 8 nitrogen and oxygen atoms in total. The monoisotopic (exact) mass is 481 g/mol. The van der Waals surface area contributed by atoms with Gasteiger partial charge in [0.05, 0.1) is 24.9 Å². The number of pyridine rings is 1. The van der Waals surface area contributed by atoms with Crippen LogP contribution in [0.4, 0.5) is 0 Å². The highest BCUT2D eigenvalue weighted by molar-refractivity contribution is 5.83. The van der Waals surface area contributed by atoms with Gasteiger partial charge < -0.3 is 24.3 Å². The van der Waals surface area contributed by atoms with Gasteiger partial charge in [-0.2, -0.15) is 0 Å². The molecule has 3 heterocycles. The zero-order chi connectivity index (χ0) is 24.6. The summed E-state index contributed by atoms with van der Waals surface area (Å²) in [4.78, 5) is 22.5. The standard InChI is InChI=1S/C27H35N3O5/c1-34-21-6-7-24-23(17-21)22(9-11-28-24)25(31)8-5-19-10-14-30(18-20(19)16-27(32)33)13-3-2-4-26-29-12-15-35-26/h6-7,9,11-12,15,17,19-20,25,31H,2-5,8,10,13-14,16,18H2,1H3,(H,32,33)/t19-,20+,25+/m1/s1. The number of nitrogens with zero attached hydrogens (tertiary/aromatic N) is 3. The fraction of sp³-hybridized carbons (Fsp3) is 0.519. The van der Waals surface area contributed by atoms with Gasteiger partial charge in [0.2, 0.25) is 0 Å². The maximum atomic E-state index is 11.6. The second kappa shape index (κ2) is 12.1. The van der Waals surface area contributed by atoms with Gasteiger partial charge in [-0.3, -0.25) is 9.78 Å². The summed E-state index contributed by atoms with van der Waals surface area (Å²) in [6.07, 6.45) is 9.73. The SMILES string of the molecule is COc1ccc2nccc([C@@H](O)CC[C@@H]3CCN(CCCCc4ncco4)C[C@@H]3CC(=O)O)c2c1. The van der Waals surface area contributed by atoms with Crippen LogP contribution in [0.5, 0.6) is 5.75 Å². The number of carboxylic acids is 1. The minimum Gasteiger partial charge on any atom is -0.497 e. The molecule has 0 bridgehead atoms. The molecule has 1 aromatic carbocycles. The highest BCUT2D eigenvalue weighted by Crippen LogP contribution is 2.34. The minimum absolute atomic E-state index is 0.0921. The van der Waals surface area contributed by atoms with Gasteiger partial charge in [-0.15, -0.1) is 0 Å². The number of ether oxygens (including phenoxy) is 1. The van der Waals surface area contributed by atoms with E-state index in [2.05, 4.69) is 14.9 Å². The van der Waals surface area contributed by atoms with Gasteiger partial charge in [0.25, 0.3) is 0 Å². The van der Waals surface area contributed by atoms with Crippen LogP contribution in [0.15, 0.2) is 47.3 Å². The van der Waals surface area contributed by atoms with Gasteiger partial charge in [-0.05, 0) is 86.9 Å². The molecule has 1 aliphatic rings. The first kappa shape index (κ1) is 25.1. The maximum Gasteiger partial charge on any atom is 0.303 e. The van der Waals surface area contributed by atoms with E-state index in [-0.39, 0.29) is 18.3 Å². The van der Waals surface area contributed by atoms with Crippen LogP contribution in [0, 0.1) is 11.8 Å². The molecule has 2 N–H and O–H groups in total. The molecule has 0 aliphatic carbocycles. The molecule has 4 rings (SSSR count). The van der Waals surface area contributed by atoms with Gasteiger partial charge in [0, 0.05) is 31.0 Å². The van der Waals surface area contributed by atoms with E-state index < -0.39 is 12.1 Å². The van der Waals surface area contributed by atoms with Gasteiger partial charge in [0.15, 0.2) is 5.89 Å². The Morgan fingerprint density at radius 1 is 1.23 bits per heavy atom. The first-order valence-electron chi connectivity index (χ1n) is 12.5. The summed E-state index contributed by atoms with van der Waals surface area (Å²) in [5.41, 5.74) is 1.66. The smallest absolute Gasteiger partial charge is 0.303 e. The zero-order valence-electron chi connectivity index (χ0n) is 20.3. The number of aryl methyl sites for hydroxylation is 1. The van der Waals surface area contributed by atoms with E-state index in [0.717, 1.165) is 79.8 Å². The van der Waals surface area contributed by atoms with E-state index >= 15 is 0 Å². The highest BCUT2D eigenvalue weighted by atomic mass is 16.5. The van der Waals surface area contributed by atoms with Crippen molar-refractivity contribution in [1.82, 2.24) is 14.9 Å². The molecule has 1 fully saturated rings. The van der Waals surface area contributed by atoms with Crippen molar-refractivity contribution in [2.75, 3.05) is 26.7 Å². The lowest BCUT2D eigenvalue weighted by molar-refractivity contribution is -0.139. The molecule has 8 heteroatoms. The zero-order valence-corrected chi connectivity index (χ0v) is 20.3. The normalized spacial score (nSPS) is 19.6. The average Bonchev–Trinajstić information content (AvgIpc) is 3.38. The number of aliphatic hydroxyl groups is 1. The summed E-state index contributed by atoms with van der Waals surface area (Å²) in [5.74, 6) is 1.12. The Hall–Kier alpha value is -2.97. The summed E-state index contributed by atoms with van der Waals surface area (Å²) >= 11 is 0. The lowest BCUT2D eigenvalue weighted by atomic mass is 9.79. The molecule has 0 saturated carbocycles. The van der Waals surface area contributed by atoms with E-state index in [0.29, 0.717) is 6.42 Å². The van der Waals surface area contributed by atoms with E-state index in [1.165, 1.54) is 0 Å². The van der Waals surface area contributed by atoms with E-state index in [1.54, 1.807) is 25.8 Å². The van der Waals surface area contributed by atoms with E-state index in [1.807, 2.05) is 24.3 Å². The number of carboxylic acid groups (broad SMARTS) is 1. The van der Waals surface area contributed by atoms with E-state index in [9.17, 15) is 15.0 Å². The largest absolute Gasteiger partial charge is 0.497 e. The van der Waals surface area contributed by atoms with Gasteiger partial charge in [-0.1, -0.05) is 0 Å². The van der Waals surface area contributed by atoms with Crippen molar-refractivity contribution in [3.63, 3.8) is 0 Å². The number of benzene rings is 1. The second-order valence-electron chi connectivity index (χ2n) is 9.47. The summed E-state index contributed by atoms with van der Waals surface area (Å²) in [6, 6.07) is 7.54. The number of aliphatic carboxylic acids is 1. The minimum atomic E-state index is -0.751. The molecular formula is C27H35N3O5. The van der Waals surface area contributed by atoms with Crippen LogP contribution in [0.1, 0.15) is 56.1 Å². The van der Waals surface area contributed by atoms with Crippen molar-refractivity contribution < 1.29 is 24.2 Å². The Labute approximate surface area is 205 Å². The van der Waals surface area contributed by atoms with Crippen LogP contribution in [-0.2, 0) is 11.2 Å². The summed E-state index contributed by atoms with van der Waals surface area (Å²) in [5, 5.41) is 21.4. The summed E-state index contributed by atoms with van der Waals surface area (Å²) < 4.78 is 10.6. The Bertz CT molecular complexity index is 1090. The van der Waals surface area contributed by atoms with Crippen molar-refractivity contribution in [3.05, 3.63) is 54.4 Å². The van der Waals surface area contributed by atoms with Crippen molar-refractivity contribution in [2.24, 2.45) is 11.8 Å². The Kier molecular flexibility index (Phi) is 8.71. The fourth-order valence-electron chi connectivity index (χ4n) is 5.27. The number of fused-ring (bicyclic) bond motifs is 1. The molecule has 1 saturated heterocycles. The van der Waals surface area contributed by atoms with Crippen molar-refractivity contribution in [2.45, 2.75) is 51.0 Å². The number of methoxy groups -OCH3 is 1. The molecule has 188 valence electrons. The molecule has 35 heavy (non-hydrogen) atoms. The third kappa shape index (κ3) is 6.80. The van der Waals surface area contributed by atoms with Gasteiger partial charge in [0.1, 0.15) is 12.0 Å². The molecule has 1 aliphatic heterocycles. The van der Waals surface area contributed by atoms with Gasteiger partial charge in [-0.25, -0.2) is 4.98 Å². The second-order valence-corrected chi connectivity index (χ2v) is 9.47. The average molecular weight is 482 g/mol. The Morgan fingerprint density at radius 2 is 2.11 bits per heavy atom. The lowest BCUT2D eigenvalue weighted by Gasteiger charge is -2.38. The van der Waals surface area contributed by atoms with Crippen LogP contribution in [-0.4, -0.2) is 57.8 Å². The van der Waals surface area contributed by atoms with Crippen LogP contribution >= 0.6 is 0 Å². The number of oxazole rings is 1. The van der Waals surface area contributed by atoms with Crippen LogP contribution < -0.4 is 4.74 Å². The molecule has 0 unspecified atom stereocenters. The quantitative estimate of drug-likeness (QED) is 0.365. The first-order valence-corrected chi connectivity index (χ1v) is 12.5. The molecular weight excluding hydrogens is 446 g/mol. The Morgan fingerprint density at radius 3 is 2.89 bits per heavy atom. The summed E-state index contributed by atoms with van der Waals surface area (Å²) in [6.45, 7) is 2.71. The Balaban J connectivity index is 1.32. The highest BCUT2D eigenvalue weighted by Gasteiger charge is 2.31. The predicted molar refractivity (Wildman–Crippen MR) is 132 cm³/mol. The van der Waals surface area contributed by atoms with Gasteiger partial charge >= 0.3 is 5.97 Å². The molecule has 0 radical (unpaired) electrons. The predicted octanol–water partition coefficient (Wildman–Crippen LogP) is 4.48. The molecule has 0 spiro atoms. The molecule has 3 atom stereocenters. The number of piperidine rings is 1. The number of unbranched alkanes of at least 4 members (excludes halogenated alkanes) is 1. The van der Waals surface area contributed by atoms with E-state index in [4.69, 9.17) is 9.15 Å². The first-order chi connectivity index (χ1) is 17.0. The molecule has 0 amide bonds. The summed E-state index contributed by atoms with van der Waals surface area (Å²) in [7, 11) is 1.62. The fourth-order valence-corrected chi connectivity index (χ4v) is 5.27. The number of hydrogen-bond acceptors (Lipinski definition) is 7. The third-order valence-corrected chi connectivity index (χ3v) is 7.16. The topological polar surface area (TPSA) is 109 Å². The van der Waals surface area contributed by atoms with Crippen LogP contribution in [0.3, 0.4) is 0 Å². The third-order valence-electron chi connectivity index (χ3n) is 7.16. The van der Waals surface area contributed by atoms with Crippen molar-refractivity contribution in [3.8, 4) is 5.75 Å². The van der Waals surface area contributed by atoms with Crippen LogP contribution in [0.25, 0.3) is 10.9 Å². The number of aromatic nitrogens is 2. The number of likely N-dealkylation sites (tertiary alicyclic amines) is 1. The number of hydrogen-bond donors (Lipinski definition) is 2. The lowest BCUT2D eigenvalue weighted by Crippen LogP contribution is -2.41.